The second kappa shape index (κ2) is 3.06. The van der Waals surface area contributed by atoms with E-state index in [2.05, 4.69) is 10.1 Å². The lowest BCUT2D eigenvalue weighted by atomic mass is 10.3. The van der Waals surface area contributed by atoms with Gasteiger partial charge in [0.25, 0.3) is 5.56 Å². The van der Waals surface area contributed by atoms with E-state index in [-0.39, 0.29) is 5.56 Å². The Bertz CT molecular complexity index is 651. The van der Waals surface area contributed by atoms with Crippen LogP contribution in [0.15, 0.2) is 40.8 Å². The summed E-state index contributed by atoms with van der Waals surface area (Å²) in [6, 6.07) is 5.44. The average Bonchev–Trinajstić information content (AvgIpc) is 2.83. The Morgan fingerprint density at radius 2 is 2.33 bits per heavy atom. The van der Waals surface area contributed by atoms with Crippen LogP contribution in [0.25, 0.3) is 16.1 Å². The van der Waals surface area contributed by atoms with E-state index >= 15 is 0 Å². The molecule has 0 fully saturated rings. The van der Waals surface area contributed by atoms with Gasteiger partial charge in [0, 0.05) is 17.1 Å². The Balaban J connectivity index is 2.37. The van der Waals surface area contributed by atoms with Crippen molar-refractivity contribution in [2.75, 3.05) is 0 Å². The topological polar surface area (TPSA) is 50.2 Å². The van der Waals surface area contributed by atoms with Crippen LogP contribution in [0, 0.1) is 0 Å². The minimum absolute atomic E-state index is 0.110. The summed E-state index contributed by atoms with van der Waals surface area (Å²) in [5.74, 6) is 0. The first-order chi connectivity index (χ1) is 7.34. The van der Waals surface area contributed by atoms with E-state index in [1.54, 1.807) is 28.2 Å². The summed E-state index contributed by atoms with van der Waals surface area (Å²) in [6.07, 6.45) is 3.42. The highest BCUT2D eigenvalue weighted by Gasteiger charge is 2.07. The number of aromatic nitrogens is 3. The number of fused-ring (bicyclic) bond motifs is 1. The molecule has 0 aliphatic heterocycles. The zero-order valence-corrected chi connectivity index (χ0v) is 8.49. The molecular formula is C10H7N3OS. The van der Waals surface area contributed by atoms with Crippen LogP contribution in [0.5, 0.6) is 0 Å². The van der Waals surface area contributed by atoms with Crippen LogP contribution < -0.4 is 5.56 Å². The molecule has 3 aromatic heterocycles. The molecule has 3 rings (SSSR count). The summed E-state index contributed by atoms with van der Waals surface area (Å²) in [7, 11) is 0. The summed E-state index contributed by atoms with van der Waals surface area (Å²) in [5, 5.41) is 6.17. The van der Waals surface area contributed by atoms with Crippen LogP contribution in [0.3, 0.4) is 0 Å². The number of thiophene rings is 1. The Labute approximate surface area is 88.8 Å². The second-order valence-electron chi connectivity index (χ2n) is 3.13. The monoisotopic (exact) mass is 217 g/mol. The van der Waals surface area contributed by atoms with Crippen molar-refractivity contribution in [3.05, 3.63) is 46.3 Å². The fourth-order valence-corrected chi connectivity index (χ4v) is 2.25. The number of rotatable bonds is 1. The van der Waals surface area contributed by atoms with Gasteiger partial charge >= 0.3 is 0 Å². The molecule has 4 nitrogen and oxygen atoms in total. The summed E-state index contributed by atoms with van der Waals surface area (Å²) in [4.78, 5) is 15.1. The molecule has 0 saturated carbocycles. The molecule has 3 aromatic rings. The molecule has 0 unspecified atom stereocenters. The van der Waals surface area contributed by atoms with Gasteiger partial charge in [0.05, 0.1) is 11.8 Å². The summed E-state index contributed by atoms with van der Waals surface area (Å²) in [6.45, 7) is 0. The van der Waals surface area contributed by atoms with E-state index in [1.807, 2.05) is 17.5 Å². The highest BCUT2D eigenvalue weighted by atomic mass is 32.1. The predicted molar refractivity (Wildman–Crippen MR) is 59.1 cm³/mol. The summed E-state index contributed by atoms with van der Waals surface area (Å²) in [5.41, 5.74) is 1.59. The lowest BCUT2D eigenvalue weighted by molar-refractivity contribution is 0.931. The fourth-order valence-electron chi connectivity index (χ4n) is 1.51. The molecule has 0 aliphatic rings. The van der Waals surface area contributed by atoms with Crippen LogP contribution in [0.2, 0.25) is 0 Å². The molecule has 0 aliphatic carbocycles. The van der Waals surface area contributed by atoms with E-state index in [4.69, 9.17) is 0 Å². The molecule has 0 atom stereocenters. The fraction of sp³-hybridized carbons (Fsp3) is 0. The van der Waals surface area contributed by atoms with E-state index in [1.165, 1.54) is 6.07 Å². The average molecular weight is 217 g/mol. The third-order valence-electron chi connectivity index (χ3n) is 2.19. The highest BCUT2D eigenvalue weighted by Crippen LogP contribution is 2.26. The van der Waals surface area contributed by atoms with Gasteiger partial charge in [-0.1, -0.05) is 6.07 Å². The molecule has 1 N–H and O–H groups in total. The van der Waals surface area contributed by atoms with Gasteiger partial charge in [-0.3, -0.25) is 4.79 Å². The smallest absolute Gasteiger partial charge is 0.251 e. The first kappa shape index (κ1) is 8.43. The first-order valence-electron chi connectivity index (χ1n) is 4.45. The molecule has 15 heavy (non-hydrogen) atoms. The molecular weight excluding hydrogens is 210 g/mol. The van der Waals surface area contributed by atoms with Crippen LogP contribution in [0.1, 0.15) is 0 Å². The largest absolute Gasteiger partial charge is 0.306 e. The van der Waals surface area contributed by atoms with Crippen LogP contribution in [0.4, 0.5) is 0 Å². The number of aromatic amines is 1. The zero-order chi connectivity index (χ0) is 10.3. The van der Waals surface area contributed by atoms with E-state index in [0.29, 0.717) is 0 Å². The Hall–Kier alpha value is -1.88. The van der Waals surface area contributed by atoms with Crippen molar-refractivity contribution in [1.29, 1.82) is 0 Å². The number of H-pyrrole nitrogens is 1. The standard InChI is InChI=1S/C10H7N3OS/c14-9-3-4-13-10(12-9)7(6-11-13)8-2-1-5-15-8/h1-6H,(H,12,14). The van der Waals surface area contributed by atoms with Gasteiger partial charge in [-0.15, -0.1) is 11.3 Å². The molecule has 0 radical (unpaired) electrons. The molecule has 0 aromatic carbocycles. The van der Waals surface area contributed by atoms with Crippen molar-refractivity contribution in [3.63, 3.8) is 0 Å². The maximum absolute atomic E-state index is 11.2. The minimum Gasteiger partial charge on any atom is -0.306 e. The molecule has 74 valence electrons. The summed E-state index contributed by atoms with van der Waals surface area (Å²) >= 11 is 1.63. The van der Waals surface area contributed by atoms with Crippen molar-refractivity contribution in [2.24, 2.45) is 0 Å². The zero-order valence-electron chi connectivity index (χ0n) is 7.68. The van der Waals surface area contributed by atoms with E-state index in [0.717, 1.165) is 16.1 Å². The maximum atomic E-state index is 11.2. The molecule has 0 spiro atoms. The Kier molecular flexibility index (Phi) is 1.72. The van der Waals surface area contributed by atoms with Gasteiger partial charge in [-0.05, 0) is 11.4 Å². The van der Waals surface area contributed by atoms with Crippen LogP contribution >= 0.6 is 11.3 Å². The number of hydrogen-bond acceptors (Lipinski definition) is 3. The van der Waals surface area contributed by atoms with Crippen molar-refractivity contribution in [2.45, 2.75) is 0 Å². The van der Waals surface area contributed by atoms with Crippen molar-refractivity contribution >= 4 is 17.0 Å². The van der Waals surface area contributed by atoms with Crippen LogP contribution in [-0.2, 0) is 0 Å². The number of nitrogens with one attached hydrogen (secondary N) is 1. The highest BCUT2D eigenvalue weighted by molar-refractivity contribution is 7.13. The molecule has 5 heteroatoms. The lowest BCUT2D eigenvalue weighted by Gasteiger charge is -1.94. The van der Waals surface area contributed by atoms with Gasteiger partial charge in [-0.25, -0.2) is 4.52 Å². The normalized spacial score (nSPS) is 10.9. The van der Waals surface area contributed by atoms with E-state index < -0.39 is 0 Å². The molecule has 0 amide bonds. The van der Waals surface area contributed by atoms with Gasteiger partial charge in [0.2, 0.25) is 0 Å². The van der Waals surface area contributed by atoms with E-state index in [9.17, 15) is 4.79 Å². The first-order valence-corrected chi connectivity index (χ1v) is 5.33. The van der Waals surface area contributed by atoms with Gasteiger partial charge in [-0.2, -0.15) is 5.10 Å². The molecule has 3 heterocycles. The molecule has 0 saturated heterocycles. The van der Waals surface area contributed by atoms with Gasteiger partial charge < -0.3 is 4.98 Å². The SMILES string of the molecule is O=c1ccn2ncc(-c3cccs3)c2[nH]1. The maximum Gasteiger partial charge on any atom is 0.251 e. The third-order valence-corrected chi connectivity index (χ3v) is 3.09. The number of nitrogens with zero attached hydrogens (tertiary/aromatic N) is 2. The van der Waals surface area contributed by atoms with Crippen LogP contribution in [-0.4, -0.2) is 14.6 Å². The third kappa shape index (κ3) is 1.28. The minimum atomic E-state index is -0.110. The van der Waals surface area contributed by atoms with Gasteiger partial charge in [0.15, 0.2) is 0 Å². The van der Waals surface area contributed by atoms with Crippen molar-refractivity contribution in [3.8, 4) is 10.4 Å². The summed E-state index contributed by atoms with van der Waals surface area (Å²) < 4.78 is 1.66. The lowest BCUT2D eigenvalue weighted by Crippen LogP contribution is -2.05. The second-order valence-corrected chi connectivity index (χ2v) is 4.08. The van der Waals surface area contributed by atoms with Crippen molar-refractivity contribution in [1.82, 2.24) is 14.6 Å². The van der Waals surface area contributed by atoms with Gasteiger partial charge in [0.1, 0.15) is 5.65 Å². The quantitative estimate of drug-likeness (QED) is 0.675. The Morgan fingerprint density at radius 3 is 3.13 bits per heavy atom. The Morgan fingerprint density at radius 1 is 1.40 bits per heavy atom. The predicted octanol–water partition coefficient (Wildman–Crippen LogP) is 1.75. The number of hydrogen-bond donors (Lipinski definition) is 1. The molecule has 0 bridgehead atoms. The van der Waals surface area contributed by atoms with Crippen molar-refractivity contribution < 1.29 is 0 Å².